The lowest BCUT2D eigenvalue weighted by atomic mass is 10.1. The van der Waals surface area contributed by atoms with Gasteiger partial charge < -0.3 is 35.3 Å². The number of rotatable bonds is 4. The van der Waals surface area contributed by atoms with Gasteiger partial charge >= 0.3 is 0 Å². The van der Waals surface area contributed by atoms with Crippen molar-refractivity contribution < 1.29 is 33.1 Å². The number of H-pyrrole nitrogens is 1. The molecule has 5 atom stereocenters. The Bertz CT molecular complexity index is 1060. The number of anilines is 1. The van der Waals surface area contributed by atoms with Gasteiger partial charge in [0, 0.05) is 0 Å². The van der Waals surface area contributed by atoms with Gasteiger partial charge in [-0.25, -0.2) is 4.98 Å². The zero-order valence-electron chi connectivity index (χ0n) is 13.9. The number of ether oxygens (including phenoxy) is 1. The molecule has 28 heavy (non-hydrogen) atoms. The predicted molar refractivity (Wildman–Crippen MR) is 90.8 cm³/mol. The topological polar surface area (TPSA) is 221 Å². The van der Waals surface area contributed by atoms with Crippen molar-refractivity contribution in [3.8, 4) is 0 Å². The van der Waals surface area contributed by atoms with E-state index >= 15 is 0 Å². The van der Waals surface area contributed by atoms with E-state index in [1.807, 2.05) is 0 Å². The van der Waals surface area contributed by atoms with Crippen molar-refractivity contribution in [3.05, 3.63) is 10.4 Å². The number of aromatic nitrogens is 4. The first-order chi connectivity index (χ1) is 13.2. The van der Waals surface area contributed by atoms with Crippen molar-refractivity contribution >= 4 is 42.6 Å². The van der Waals surface area contributed by atoms with Crippen LogP contribution in [0.2, 0.25) is 0 Å². The Hall–Kier alpha value is -2.00. The highest BCUT2D eigenvalue weighted by Gasteiger charge is 2.51. The van der Waals surface area contributed by atoms with E-state index < -0.39 is 43.8 Å². The van der Waals surface area contributed by atoms with Gasteiger partial charge in [-0.2, -0.15) is 4.98 Å². The number of hydrogen-bond acceptors (Lipinski definition) is 12. The van der Waals surface area contributed by atoms with Crippen molar-refractivity contribution in [2.45, 2.75) is 29.7 Å². The lowest BCUT2D eigenvalue weighted by molar-refractivity contribution is -0.245. The molecule has 4 heterocycles. The number of carbonyl (C=O) groups is 1. The van der Waals surface area contributed by atoms with E-state index in [1.165, 1.54) is 4.57 Å². The van der Waals surface area contributed by atoms with Crippen LogP contribution in [0.5, 0.6) is 0 Å². The molecular formula is C12H14N6O8PS-. The number of thioether (sulfide) groups is 1. The lowest BCUT2D eigenvalue weighted by Gasteiger charge is -2.34. The van der Waals surface area contributed by atoms with Crippen LogP contribution in [-0.2, 0) is 23.1 Å². The number of aliphatic hydroxyl groups excluding tert-OH is 1. The molecule has 2 aliphatic heterocycles. The molecule has 2 fully saturated rings. The van der Waals surface area contributed by atoms with Crippen LogP contribution in [0, 0.1) is 0 Å². The second-order valence-electron chi connectivity index (χ2n) is 6.01. The number of nitrogens with one attached hydrogen (secondary N) is 1. The average Bonchev–Trinajstić information content (AvgIpc) is 3.10. The molecule has 1 amide bonds. The van der Waals surface area contributed by atoms with Crippen LogP contribution in [0.25, 0.3) is 11.2 Å². The number of nitrogens with two attached hydrogens (primary N) is 2. The number of nitrogen functional groups attached to an aromatic ring is 1. The molecule has 2 aliphatic rings. The van der Waals surface area contributed by atoms with Crippen molar-refractivity contribution in [3.63, 3.8) is 0 Å². The molecule has 4 rings (SSSR count). The molecule has 0 bridgehead atoms. The molecular weight excluding hydrogens is 419 g/mol. The molecule has 0 saturated carbocycles. The third kappa shape index (κ3) is 3.30. The summed E-state index contributed by atoms with van der Waals surface area (Å²) in [6, 6.07) is 0. The van der Waals surface area contributed by atoms with E-state index in [0.717, 1.165) is 11.8 Å². The van der Waals surface area contributed by atoms with Crippen LogP contribution in [-0.4, -0.2) is 61.2 Å². The number of imidazole rings is 1. The van der Waals surface area contributed by atoms with Crippen molar-refractivity contribution in [2.24, 2.45) is 5.73 Å². The number of carbonyl (C=O) groups excluding carboxylic acids is 1. The Kier molecular flexibility index (Phi) is 4.70. The SMILES string of the molecule is NC(=O)CSc1nc2c(=O)[nH]c(N)nc2n1[C@@H]1OC2COP(=O)([O-])O[C@H]2C1O. The lowest BCUT2D eigenvalue weighted by Crippen LogP contribution is -2.41. The van der Waals surface area contributed by atoms with Crippen molar-refractivity contribution in [1.82, 2.24) is 19.5 Å². The summed E-state index contributed by atoms with van der Waals surface area (Å²) in [5, 5.41) is 10.7. The Morgan fingerprint density at radius 1 is 1.50 bits per heavy atom. The molecule has 2 aromatic heterocycles. The first-order valence-electron chi connectivity index (χ1n) is 7.82. The molecule has 2 saturated heterocycles. The van der Waals surface area contributed by atoms with E-state index in [0.29, 0.717) is 0 Å². The zero-order chi connectivity index (χ0) is 20.2. The number of phosphoric acid groups is 1. The van der Waals surface area contributed by atoms with E-state index in [-0.39, 0.29) is 34.6 Å². The number of aliphatic hydroxyl groups is 1. The number of primary amides is 1. The fourth-order valence-corrected chi connectivity index (χ4v) is 4.69. The van der Waals surface area contributed by atoms with Gasteiger partial charge in [-0.15, -0.1) is 0 Å². The summed E-state index contributed by atoms with van der Waals surface area (Å²) >= 11 is 0.881. The first-order valence-corrected chi connectivity index (χ1v) is 10.3. The number of hydrogen-bond donors (Lipinski definition) is 4. The van der Waals surface area contributed by atoms with Gasteiger partial charge in [0.15, 0.2) is 22.5 Å². The second-order valence-corrected chi connectivity index (χ2v) is 8.32. The normalized spacial score (nSPS) is 32.5. The number of amides is 1. The highest BCUT2D eigenvalue weighted by Crippen LogP contribution is 2.50. The van der Waals surface area contributed by atoms with Crippen LogP contribution in [0.4, 0.5) is 5.95 Å². The van der Waals surface area contributed by atoms with Crippen molar-refractivity contribution in [1.29, 1.82) is 0 Å². The number of fused-ring (bicyclic) bond motifs is 2. The Morgan fingerprint density at radius 3 is 2.96 bits per heavy atom. The fraction of sp³-hybridized carbons (Fsp3) is 0.500. The summed E-state index contributed by atoms with van der Waals surface area (Å²) in [6.07, 6.45) is -4.83. The maximum Gasteiger partial charge on any atom is 0.280 e. The van der Waals surface area contributed by atoms with Crippen LogP contribution < -0.4 is 21.9 Å². The molecule has 0 aromatic carbocycles. The highest BCUT2D eigenvalue weighted by molar-refractivity contribution is 7.99. The molecule has 0 radical (unpaired) electrons. The van der Waals surface area contributed by atoms with Crippen molar-refractivity contribution in [2.75, 3.05) is 18.1 Å². The molecule has 16 heteroatoms. The summed E-state index contributed by atoms with van der Waals surface area (Å²) in [4.78, 5) is 45.3. The minimum atomic E-state index is -4.57. The number of phosphoric ester groups is 1. The zero-order valence-corrected chi connectivity index (χ0v) is 15.6. The molecule has 152 valence electrons. The second kappa shape index (κ2) is 6.81. The minimum Gasteiger partial charge on any atom is -0.756 e. The molecule has 0 spiro atoms. The highest BCUT2D eigenvalue weighted by atomic mass is 32.2. The maximum atomic E-state index is 12.2. The average molecular weight is 433 g/mol. The van der Waals surface area contributed by atoms with Crippen LogP contribution in [0.1, 0.15) is 6.23 Å². The monoisotopic (exact) mass is 433 g/mol. The van der Waals surface area contributed by atoms with E-state index in [2.05, 4.69) is 19.5 Å². The molecule has 2 aromatic rings. The van der Waals surface area contributed by atoms with Crippen LogP contribution >= 0.6 is 19.6 Å². The molecule has 0 aliphatic carbocycles. The fourth-order valence-electron chi connectivity index (χ4n) is 2.99. The Labute approximate surface area is 159 Å². The third-order valence-corrected chi connectivity index (χ3v) is 6.03. The largest absolute Gasteiger partial charge is 0.756 e. The van der Waals surface area contributed by atoms with Crippen LogP contribution in [0.15, 0.2) is 9.95 Å². The summed E-state index contributed by atoms with van der Waals surface area (Å²) in [5.41, 5.74) is 9.98. The van der Waals surface area contributed by atoms with Gasteiger partial charge in [0.25, 0.3) is 13.4 Å². The Morgan fingerprint density at radius 2 is 2.25 bits per heavy atom. The standard InChI is InChI=1S/C12H15N6O8PS/c13-4(19)2-28-12-15-5-8(16-11(14)17-9(5)21)18(12)10-6(20)7-3(25-10)1-24-27(22,23)26-7/h3,6-7,10,20H,1-2H2,(H2,13,19)(H,22,23)(H3,14,16,17,21)/p-1/t3?,6?,7-,10-/m1/s1. The van der Waals surface area contributed by atoms with Gasteiger partial charge in [0.2, 0.25) is 11.9 Å². The van der Waals surface area contributed by atoms with E-state index in [9.17, 15) is 24.2 Å². The smallest absolute Gasteiger partial charge is 0.280 e. The van der Waals surface area contributed by atoms with E-state index in [4.69, 9.17) is 20.7 Å². The Balaban J connectivity index is 1.80. The molecule has 3 unspecified atom stereocenters. The quantitative estimate of drug-likeness (QED) is 0.288. The summed E-state index contributed by atoms with van der Waals surface area (Å²) in [6.45, 7) is -0.356. The van der Waals surface area contributed by atoms with E-state index in [1.54, 1.807) is 0 Å². The first kappa shape index (κ1) is 19.3. The predicted octanol–water partition coefficient (Wildman–Crippen LogP) is -2.58. The third-order valence-electron chi connectivity index (χ3n) is 4.09. The molecule has 14 nitrogen and oxygen atoms in total. The van der Waals surface area contributed by atoms with Gasteiger partial charge in [0.05, 0.1) is 12.4 Å². The summed E-state index contributed by atoms with van der Waals surface area (Å²) < 4.78 is 27.9. The molecule has 6 N–H and O–H groups in total. The van der Waals surface area contributed by atoms with Gasteiger partial charge in [-0.3, -0.25) is 23.7 Å². The summed E-state index contributed by atoms with van der Waals surface area (Å²) in [5.74, 6) is -1.03. The van der Waals surface area contributed by atoms with Gasteiger partial charge in [-0.05, 0) is 0 Å². The van der Waals surface area contributed by atoms with Gasteiger partial charge in [0.1, 0.15) is 18.3 Å². The number of nitrogens with zero attached hydrogens (tertiary/aromatic N) is 3. The maximum absolute atomic E-state index is 12.2. The van der Waals surface area contributed by atoms with Gasteiger partial charge in [-0.1, -0.05) is 11.8 Å². The summed E-state index contributed by atoms with van der Waals surface area (Å²) in [7, 11) is -4.57. The minimum absolute atomic E-state index is 0.0258. The van der Waals surface area contributed by atoms with Crippen LogP contribution in [0.3, 0.4) is 0 Å². The number of aromatic amines is 1.